The molecule has 0 aliphatic heterocycles. The Kier molecular flexibility index (Phi) is 5.93. The molecule has 0 radical (unpaired) electrons. The highest BCUT2D eigenvalue weighted by Crippen LogP contribution is 2.47. The van der Waals surface area contributed by atoms with Crippen LogP contribution in [0.15, 0.2) is 18.2 Å². The Morgan fingerprint density at radius 2 is 1.62 bits per heavy atom. The molecule has 1 aromatic rings. The van der Waals surface area contributed by atoms with E-state index in [9.17, 15) is 44.7 Å². The van der Waals surface area contributed by atoms with Gasteiger partial charge >= 0.3 is 23.9 Å². The molecule has 26 heavy (non-hydrogen) atoms. The van der Waals surface area contributed by atoms with Crippen LogP contribution >= 0.6 is 0 Å². The molecule has 0 saturated carbocycles. The zero-order valence-corrected chi connectivity index (χ0v) is 13.7. The number of benzene rings is 1. The van der Waals surface area contributed by atoms with Gasteiger partial charge in [-0.2, -0.15) is 34.8 Å². The van der Waals surface area contributed by atoms with Crippen molar-refractivity contribution in [3.63, 3.8) is 0 Å². The van der Waals surface area contributed by atoms with Crippen molar-refractivity contribution in [2.75, 3.05) is 5.75 Å². The summed E-state index contributed by atoms with van der Waals surface area (Å²) in [6.07, 6.45) is -12.6. The minimum atomic E-state index is -6.41. The van der Waals surface area contributed by atoms with Crippen molar-refractivity contribution in [3.8, 4) is 5.75 Å². The van der Waals surface area contributed by atoms with Crippen LogP contribution in [0, 0.1) is 0 Å². The Hall–Kier alpha value is -1.96. The molecule has 0 unspecified atom stereocenters. The molecule has 0 bridgehead atoms. The zero-order valence-electron chi connectivity index (χ0n) is 12.8. The van der Waals surface area contributed by atoms with Crippen molar-refractivity contribution in [2.24, 2.45) is 0 Å². The van der Waals surface area contributed by atoms with Crippen molar-refractivity contribution < 1.29 is 54.0 Å². The molecule has 6 nitrogen and oxygen atoms in total. The predicted molar refractivity (Wildman–Crippen MR) is 77.0 cm³/mol. The number of halogens is 6. The molecule has 0 atom stereocenters. The van der Waals surface area contributed by atoms with Crippen LogP contribution in [0.25, 0.3) is 0 Å². The number of carbonyl (C=O) groups excluding carboxylic acids is 1. The normalized spacial score (nSPS) is 13.5. The SMILES string of the molecule is BCc1ccc(C(=O)OC(CS(=O)(=O)O)(C(F)(F)F)C(F)(F)F)cc1O. The van der Waals surface area contributed by atoms with Crippen molar-refractivity contribution in [1.82, 2.24) is 0 Å². The van der Waals surface area contributed by atoms with Crippen LogP contribution in [0.4, 0.5) is 26.3 Å². The highest BCUT2D eigenvalue weighted by Gasteiger charge is 2.76. The molecule has 1 aromatic carbocycles. The summed E-state index contributed by atoms with van der Waals surface area (Å²) in [7, 11) is -4.28. The topological polar surface area (TPSA) is 101 Å². The lowest BCUT2D eigenvalue weighted by Crippen LogP contribution is -2.63. The standard InChI is InChI=1S/C12H11BF6O6S/c13-4-7-2-1-6(3-8(7)20)9(21)25-10(11(14,15)16,12(17,18)19)5-26(22,23)24/h1-3,20H,4-5,13H2,(H,22,23,24). The van der Waals surface area contributed by atoms with E-state index in [1.807, 2.05) is 0 Å². The van der Waals surface area contributed by atoms with E-state index in [4.69, 9.17) is 4.55 Å². The van der Waals surface area contributed by atoms with Crippen LogP contribution < -0.4 is 0 Å². The first-order chi connectivity index (χ1) is 11.5. The number of ether oxygens (including phenoxy) is 1. The van der Waals surface area contributed by atoms with E-state index in [1.54, 1.807) is 7.85 Å². The van der Waals surface area contributed by atoms with E-state index in [1.165, 1.54) is 0 Å². The summed E-state index contributed by atoms with van der Waals surface area (Å²) in [4.78, 5) is 11.8. The fraction of sp³-hybridized carbons (Fsp3) is 0.417. The average molecular weight is 408 g/mol. The van der Waals surface area contributed by atoms with E-state index >= 15 is 0 Å². The van der Waals surface area contributed by atoms with Gasteiger partial charge in [0, 0.05) is 0 Å². The van der Waals surface area contributed by atoms with Gasteiger partial charge in [0.25, 0.3) is 10.1 Å². The van der Waals surface area contributed by atoms with Crippen LogP contribution in [0.5, 0.6) is 5.75 Å². The smallest absolute Gasteiger partial charge is 0.438 e. The lowest BCUT2D eigenvalue weighted by atomic mass is 9.95. The number of carbonyl (C=O) groups is 1. The Balaban J connectivity index is 3.45. The summed E-state index contributed by atoms with van der Waals surface area (Å²) in [5, 5.41) is 9.56. The van der Waals surface area contributed by atoms with Crippen LogP contribution in [-0.2, 0) is 21.2 Å². The molecule has 0 spiro atoms. The number of phenolic OH excluding ortho intramolecular Hbond substituents is 1. The maximum atomic E-state index is 13.1. The van der Waals surface area contributed by atoms with E-state index in [0.29, 0.717) is 6.07 Å². The Bertz CT molecular complexity index is 774. The van der Waals surface area contributed by atoms with Crippen LogP contribution in [0.1, 0.15) is 15.9 Å². The summed E-state index contributed by atoms with van der Waals surface area (Å²) < 4.78 is 112. The largest absolute Gasteiger partial charge is 0.508 e. The fourth-order valence-electron chi connectivity index (χ4n) is 1.93. The van der Waals surface area contributed by atoms with Crippen LogP contribution in [0.2, 0.25) is 0 Å². The van der Waals surface area contributed by atoms with Gasteiger partial charge in [0.2, 0.25) is 0 Å². The van der Waals surface area contributed by atoms with Gasteiger partial charge in [-0.15, -0.1) is 0 Å². The van der Waals surface area contributed by atoms with Gasteiger partial charge in [0.1, 0.15) is 19.3 Å². The summed E-state index contributed by atoms with van der Waals surface area (Å²) in [6, 6.07) is 2.44. The highest BCUT2D eigenvalue weighted by molar-refractivity contribution is 7.85. The average Bonchev–Trinajstić information content (AvgIpc) is 2.42. The molecule has 146 valence electrons. The molecular weight excluding hydrogens is 397 g/mol. The van der Waals surface area contributed by atoms with Crippen molar-refractivity contribution >= 4 is 23.9 Å². The first-order valence-corrected chi connectivity index (χ1v) is 8.29. The van der Waals surface area contributed by atoms with Crippen LogP contribution in [0.3, 0.4) is 0 Å². The second kappa shape index (κ2) is 6.98. The van der Waals surface area contributed by atoms with Gasteiger partial charge in [-0.3, -0.25) is 4.55 Å². The number of esters is 1. The van der Waals surface area contributed by atoms with E-state index in [-0.39, 0.29) is 11.9 Å². The monoisotopic (exact) mass is 408 g/mol. The first kappa shape index (κ1) is 22.1. The van der Waals surface area contributed by atoms with Crippen molar-refractivity contribution in [1.29, 1.82) is 0 Å². The van der Waals surface area contributed by atoms with E-state index < -0.39 is 51.1 Å². The number of hydrogen-bond acceptors (Lipinski definition) is 5. The molecule has 0 aliphatic carbocycles. The van der Waals surface area contributed by atoms with Gasteiger partial charge in [0.15, 0.2) is 0 Å². The lowest BCUT2D eigenvalue weighted by Gasteiger charge is -2.35. The quantitative estimate of drug-likeness (QED) is 0.331. The predicted octanol–water partition coefficient (Wildman–Crippen LogP) is 1.43. The molecule has 14 heteroatoms. The molecule has 0 amide bonds. The molecule has 0 aliphatic rings. The maximum Gasteiger partial charge on any atom is 0.438 e. The summed E-state index contributed by atoms with van der Waals surface area (Å²) in [5.41, 5.74) is -6.13. The maximum absolute atomic E-state index is 13.1. The summed E-state index contributed by atoms with van der Waals surface area (Å²) in [5.74, 6) is -5.75. The Morgan fingerprint density at radius 3 is 1.96 bits per heavy atom. The van der Waals surface area contributed by atoms with Gasteiger partial charge in [-0.25, -0.2) is 4.79 Å². The number of aromatic hydroxyl groups is 1. The minimum Gasteiger partial charge on any atom is -0.508 e. The van der Waals surface area contributed by atoms with Crippen molar-refractivity contribution in [2.45, 2.75) is 24.3 Å². The van der Waals surface area contributed by atoms with Crippen molar-refractivity contribution in [3.05, 3.63) is 29.3 Å². The molecule has 1 rings (SSSR count). The third-order valence-corrected chi connectivity index (χ3v) is 4.04. The summed E-state index contributed by atoms with van der Waals surface area (Å²) in [6.45, 7) is 0. The third kappa shape index (κ3) is 4.61. The van der Waals surface area contributed by atoms with Gasteiger partial charge in [-0.05, 0) is 17.7 Å². The third-order valence-electron chi connectivity index (χ3n) is 3.27. The molecule has 0 heterocycles. The van der Waals surface area contributed by atoms with Gasteiger partial charge < -0.3 is 9.84 Å². The lowest BCUT2D eigenvalue weighted by molar-refractivity contribution is -0.356. The van der Waals surface area contributed by atoms with Crippen LogP contribution in [-0.4, -0.2) is 55.6 Å². The zero-order chi connectivity index (χ0) is 20.6. The molecule has 0 saturated heterocycles. The molecule has 0 aromatic heterocycles. The number of rotatable bonds is 5. The Morgan fingerprint density at radius 1 is 1.12 bits per heavy atom. The summed E-state index contributed by atoms with van der Waals surface area (Å²) >= 11 is 0. The second-order valence-corrected chi connectivity index (χ2v) is 6.59. The second-order valence-electron chi connectivity index (χ2n) is 5.14. The fourth-order valence-corrected chi connectivity index (χ4v) is 2.83. The van der Waals surface area contributed by atoms with E-state index in [2.05, 4.69) is 4.74 Å². The van der Waals surface area contributed by atoms with Gasteiger partial charge in [-0.1, -0.05) is 12.4 Å². The minimum absolute atomic E-state index is 0.248. The number of alkyl halides is 6. The van der Waals surface area contributed by atoms with E-state index in [0.717, 1.165) is 12.1 Å². The highest BCUT2D eigenvalue weighted by atomic mass is 32.2. The first-order valence-electron chi connectivity index (χ1n) is 6.68. The molecular formula is C12H11BF6O6S. The number of hydrogen-bond donors (Lipinski definition) is 2. The molecule has 0 fully saturated rings. The molecule has 2 N–H and O–H groups in total. The Labute approximate surface area is 143 Å². The number of phenols is 1. The van der Waals surface area contributed by atoms with Gasteiger partial charge in [0.05, 0.1) is 5.56 Å².